The summed E-state index contributed by atoms with van der Waals surface area (Å²) in [7, 11) is 5.53. The lowest BCUT2D eigenvalue weighted by Crippen LogP contribution is -2.50. The lowest BCUT2D eigenvalue weighted by molar-refractivity contribution is -0.887. The van der Waals surface area contributed by atoms with Gasteiger partial charge in [-0.25, -0.2) is 4.79 Å². The van der Waals surface area contributed by atoms with E-state index in [0.717, 1.165) is 64.2 Å². The van der Waals surface area contributed by atoms with Gasteiger partial charge in [0.25, 0.3) is 0 Å². The Morgan fingerprint density at radius 3 is 1.32 bits per heavy atom. The molecule has 0 aromatic heterocycles. The summed E-state index contributed by atoms with van der Waals surface area (Å²) < 4.78 is 17.3. The summed E-state index contributed by atoms with van der Waals surface area (Å²) >= 11 is 0. The number of hydrogen-bond acceptors (Lipinski definition) is 6. The minimum absolute atomic E-state index is 0.0519. The van der Waals surface area contributed by atoms with Gasteiger partial charge in [0, 0.05) is 19.3 Å². The summed E-state index contributed by atoms with van der Waals surface area (Å²) in [5.41, 5.74) is 0. The zero-order valence-corrected chi connectivity index (χ0v) is 40.2. The number of carboxylic acids is 1. The van der Waals surface area contributed by atoms with E-state index in [9.17, 15) is 19.5 Å². The molecule has 0 fully saturated rings. The highest BCUT2D eigenvalue weighted by atomic mass is 16.6. The van der Waals surface area contributed by atoms with Gasteiger partial charge in [-0.2, -0.15) is 0 Å². The number of ether oxygens (including phenoxy) is 3. The number of likely N-dealkylation sites (N-methyl/N-ethyl adjacent to an activating group) is 1. The van der Waals surface area contributed by atoms with Crippen LogP contribution >= 0.6 is 0 Å². The highest BCUT2D eigenvalue weighted by molar-refractivity contribution is 5.72. The van der Waals surface area contributed by atoms with Crippen molar-refractivity contribution >= 4 is 17.9 Å². The molecular formula is C52H98NO7+. The number of esters is 2. The monoisotopic (exact) mass is 849 g/mol. The fourth-order valence-electron chi connectivity index (χ4n) is 7.65. The van der Waals surface area contributed by atoms with Crippen LogP contribution in [0.4, 0.5) is 0 Å². The van der Waals surface area contributed by atoms with Crippen LogP contribution in [0.15, 0.2) is 24.3 Å². The molecule has 0 bridgehead atoms. The molecule has 0 aromatic carbocycles. The van der Waals surface area contributed by atoms with Gasteiger partial charge in [-0.1, -0.05) is 199 Å². The predicted molar refractivity (Wildman–Crippen MR) is 252 cm³/mol. The molecule has 1 N–H and O–H groups in total. The summed E-state index contributed by atoms with van der Waals surface area (Å²) in [6.45, 7) is 4.73. The third kappa shape index (κ3) is 41.2. The molecule has 0 aliphatic carbocycles. The molecule has 60 heavy (non-hydrogen) atoms. The van der Waals surface area contributed by atoms with Gasteiger partial charge in [0.1, 0.15) is 6.61 Å². The number of rotatable bonds is 46. The van der Waals surface area contributed by atoms with E-state index >= 15 is 0 Å². The third-order valence-corrected chi connectivity index (χ3v) is 11.6. The number of carboxylic acid groups (broad SMARTS) is 1. The standard InChI is InChI=1S/C52H97NO7/c1-6-8-10-12-14-16-18-20-22-23-24-25-26-27-29-30-32-34-36-38-40-42-50(54)59-47-48(46-58-45-44-49(52(56)57)53(3,4)5)60-51(55)43-41-39-37-35-33-31-28-21-19-17-15-13-11-9-7-2/h15,17,21,28,48-49H,6-14,16,18-20,22-27,29-47H2,1-5H3/p+1/b17-15-,28-21-. The molecule has 0 rings (SSSR count). The van der Waals surface area contributed by atoms with Crippen LogP contribution in [0.3, 0.4) is 0 Å². The first-order valence-corrected chi connectivity index (χ1v) is 25.4. The number of unbranched alkanes of at least 4 members (excludes halogenated alkanes) is 28. The van der Waals surface area contributed by atoms with Gasteiger partial charge in [-0.05, 0) is 44.9 Å². The number of carbonyl (C=O) groups is 3. The molecule has 2 unspecified atom stereocenters. The summed E-state index contributed by atoms with van der Waals surface area (Å²) in [6, 6.07) is -0.615. The minimum Gasteiger partial charge on any atom is -0.477 e. The van der Waals surface area contributed by atoms with E-state index in [4.69, 9.17) is 14.2 Å². The van der Waals surface area contributed by atoms with Crippen LogP contribution in [0, 0.1) is 0 Å². The predicted octanol–water partition coefficient (Wildman–Crippen LogP) is 14.4. The molecule has 0 amide bonds. The van der Waals surface area contributed by atoms with Crippen LogP contribution in [0.5, 0.6) is 0 Å². The molecular weight excluding hydrogens is 751 g/mol. The Bertz CT molecular complexity index is 1040. The van der Waals surface area contributed by atoms with Crippen LogP contribution in [0.1, 0.15) is 239 Å². The molecule has 0 saturated heterocycles. The van der Waals surface area contributed by atoms with Gasteiger partial charge >= 0.3 is 17.9 Å². The van der Waals surface area contributed by atoms with E-state index in [2.05, 4.69) is 38.2 Å². The van der Waals surface area contributed by atoms with E-state index in [1.807, 2.05) is 21.1 Å². The Labute approximate surface area is 371 Å². The zero-order chi connectivity index (χ0) is 44.2. The Morgan fingerprint density at radius 1 is 0.500 bits per heavy atom. The largest absolute Gasteiger partial charge is 0.477 e. The summed E-state index contributed by atoms with van der Waals surface area (Å²) in [4.78, 5) is 37.1. The maximum Gasteiger partial charge on any atom is 0.362 e. The molecule has 0 aromatic rings. The van der Waals surface area contributed by atoms with Crippen molar-refractivity contribution in [2.45, 2.75) is 251 Å². The van der Waals surface area contributed by atoms with Crippen LogP contribution < -0.4 is 0 Å². The van der Waals surface area contributed by atoms with Crippen molar-refractivity contribution in [3.63, 3.8) is 0 Å². The van der Waals surface area contributed by atoms with Gasteiger partial charge < -0.3 is 23.8 Å². The Balaban J connectivity index is 4.20. The number of carbonyl (C=O) groups excluding carboxylic acids is 2. The molecule has 0 aliphatic rings. The summed E-state index contributed by atoms with van der Waals surface area (Å²) in [5, 5.41) is 9.64. The summed E-state index contributed by atoms with van der Waals surface area (Å²) in [6.07, 6.45) is 49.4. The SMILES string of the molecule is CCCCC/C=C\C/C=C\CCCCCCCC(=O)OC(COCCC(C(=O)O)[N+](C)(C)C)COC(=O)CCCCCCCCCCCCCCCCCCCCCCC. The van der Waals surface area contributed by atoms with Crippen LogP contribution in [-0.4, -0.2) is 80.6 Å². The molecule has 352 valence electrons. The molecule has 0 aliphatic heterocycles. The van der Waals surface area contributed by atoms with Gasteiger partial charge in [0.05, 0.1) is 34.4 Å². The Morgan fingerprint density at radius 2 is 0.883 bits per heavy atom. The lowest BCUT2D eigenvalue weighted by atomic mass is 10.0. The second-order valence-corrected chi connectivity index (χ2v) is 18.4. The number of quaternary nitrogens is 1. The van der Waals surface area contributed by atoms with Gasteiger partial charge in [-0.3, -0.25) is 9.59 Å². The Hall–Kier alpha value is -2.19. The second kappa shape index (κ2) is 43.5. The van der Waals surface area contributed by atoms with Crippen molar-refractivity contribution < 1.29 is 38.2 Å². The van der Waals surface area contributed by atoms with Crippen molar-refractivity contribution in [2.75, 3.05) is 41.0 Å². The van der Waals surface area contributed by atoms with Crippen LogP contribution in [-0.2, 0) is 28.6 Å². The molecule has 0 saturated carbocycles. The maximum absolute atomic E-state index is 12.8. The molecule has 0 spiro atoms. The molecule has 2 atom stereocenters. The normalized spacial score (nSPS) is 13.0. The van der Waals surface area contributed by atoms with Crippen molar-refractivity contribution in [3.8, 4) is 0 Å². The molecule has 8 heteroatoms. The number of nitrogens with zero attached hydrogens (tertiary/aromatic N) is 1. The first-order chi connectivity index (χ1) is 29.1. The topological polar surface area (TPSA) is 99.1 Å². The van der Waals surface area contributed by atoms with Gasteiger partial charge in [-0.15, -0.1) is 0 Å². The lowest BCUT2D eigenvalue weighted by Gasteiger charge is -2.31. The van der Waals surface area contributed by atoms with E-state index in [1.165, 1.54) is 141 Å². The number of allylic oxidation sites excluding steroid dienone is 4. The van der Waals surface area contributed by atoms with E-state index in [1.54, 1.807) is 0 Å². The Kier molecular flexibility index (Phi) is 41.9. The van der Waals surface area contributed by atoms with Crippen molar-refractivity contribution in [2.24, 2.45) is 0 Å². The van der Waals surface area contributed by atoms with Crippen molar-refractivity contribution in [1.29, 1.82) is 0 Å². The maximum atomic E-state index is 12.8. The molecule has 8 nitrogen and oxygen atoms in total. The molecule has 0 heterocycles. The van der Waals surface area contributed by atoms with Crippen LogP contribution in [0.25, 0.3) is 0 Å². The first-order valence-electron chi connectivity index (χ1n) is 25.4. The average Bonchev–Trinajstić information content (AvgIpc) is 3.21. The first kappa shape index (κ1) is 57.8. The van der Waals surface area contributed by atoms with Crippen molar-refractivity contribution in [1.82, 2.24) is 0 Å². The quantitative estimate of drug-likeness (QED) is 0.0282. The number of aliphatic carboxylic acids is 1. The second-order valence-electron chi connectivity index (χ2n) is 18.4. The minimum atomic E-state index is -0.874. The van der Waals surface area contributed by atoms with E-state index in [0.29, 0.717) is 19.3 Å². The van der Waals surface area contributed by atoms with E-state index in [-0.39, 0.29) is 36.2 Å². The van der Waals surface area contributed by atoms with Crippen LogP contribution in [0.2, 0.25) is 0 Å². The van der Waals surface area contributed by atoms with E-state index < -0.39 is 18.1 Å². The fourth-order valence-corrected chi connectivity index (χ4v) is 7.65. The average molecular weight is 849 g/mol. The van der Waals surface area contributed by atoms with Crippen molar-refractivity contribution in [3.05, 3.63) is 24.3 Å². The summed E-state index contributed by atoms with van der Waals surface area (Å²) in [5.74, 6) is -1.47. The van der Waals surface area contributed by atoms with Gasteiger partial charge in [0.2, 0.25) is 0 Å². The zero-order valence-electron chi connectivity index (χ0n) is 40.2. The smallest absolute Gasteiger partial charge is 0.362 e. The van der Waals surface area contributed by atoms with Gasteiger partial charge in [0.15, 0.2) is 12.1 Å². The highest BCUT2D eigenvalue weighted by Crippen LogP contribution is 2.16. The highest BCUT2D eigenvalue weighted by Gasteiger charge is 2.31. The molecule has 0 radical (unpaired) electrons. The fraction of sp³-hybridized carbons (Fsp3) is 0.865. The number of hydrogen-bond donors (Lipinski definition) is 1. The third-order valence-electron chi connectivity index (χ3n) is 11.6.